The zero-order valence-corrected chi connectivity index (χ0v) is 7.93. The van der Waals surface area contributed by atoms with Crippen molar-refractivity contribution in [2.45, 2.75) is 31.2 Å². The maximum atomic E-state index is 11.5. The number of rotatable bonds is 2. The second-order valence-corrected chi connectivity index (χ2v) is 3.34. The number of piperidine rings is 1. The van der Waals surface area contributed by atoms with Crippen LogP contribution in [0.3, 0.4) is 0 Å². The first-order chi connectivity index (χ1) is 6.25. The smallest absolute Gasteiger partial charge is 0.327 e. The van der Waals surface area contributed by atoms with Crippen LogP contribution in [0, 0.1) is 12.3 Å². The van der Waals surface area contributed by atoms with Crippen molar-refractivity contribution in [3.63, 3.8) is 0 Å². The largest absolute Gasteiger partial charge is 0.468 e. The van der Waals surface area contributed by atoms with Crippen LogP contribution in [-0.4, -0.2) is 25.2 Å². The van der Waals surface area contributed by atoms with Gasteiger partial charge in [0.1, 0.15) is 5.54 Å². The highest BCUT2D eigenvalue weighted by Gasteiger charge is 2.39. The number of hydrogen-bond acceptors (Lipinski definition) is 3. The summed E-state index contributed by atoms with van der Waals surface area (Å²) < 4.78 is 4.75. The van der Waals surface area contributed by atoms with Gasteiger partial charge in [0.05, 0.1) is 7.11 Å². The van der Waals surface area contributed by atoms with Gasteiger partial charge in [-0.15, -0.1) is 12.3 Å². The van der Waals surface area contributed by atoms with Gasteiger partial charge in [-0.2, -0.15) is 0 Å². The van der Waals surface area contributed by atoms with Gasteiger partial charge in [0.25, 0.3) is 0 Å². The molecule has 1 fully saturated rings. The minimum atomic E-state index is -0.609. The fourth-order valence-corrected chi connectivity index (χ4v) is 1.73. The first-order valence-corrected chi connectivity index (χ1v) is 4.52. The summed E-state index contributed by atoms with van der Waals surface area (Å²) in [6.07, 6.45) is 8.57. The van der Waals surface area contributed by atoms with Crippen molar-refractivity contribution in [2.24, 2.45) is 0 Å². The Morgan fingerprint density at radius 1 is 1.69 bits per heavy atom. The highest BCUT2D eigenvalue weighted by atomic mass is 16.5. The summed E-state index contributed by atoms with van der Waals surface area (Å²) in [5, 5.41) is 3.17. The molecule has 1 aliphatic rings. The second-order valence-electron chi connectivity index (χ2n) is 3.34. The molecule has 13 heavy (non-hydrogen) atoms. The summed E-state index contributed by atoms with van der Waals surface area (Å²) in [5.74, 6) is 2.30. The molecule has 3 heteroatoms. The molecule has 1 heterocycles. The first-order valence-electron chi connectivity index (χ1n) is 4.52. The molecule has 1 atom stereocenters. The summed E-state index contributed by atoms with van der Waals surface area (Å²) in [7, 11) is 1.40. The number of carbonyl (C=O) groups is 1. The van der Waals surface area contributed by atoms with E-state index in [4.69, 9.17) is 11.2 Å². The standard InChI is InChI=1S/C10H15NO2/c1-3-6-10(9(12)13-2)7-4-5-8-11-10/h1,11H,4-8H2,2H3. The molecule has 0 aromatic rings. The first kappa shape index (κ1) is 10.1. The van der Waals surface area contributed by atoms with Crippen molar-refractivity contribution >= 4 is 5.97 Å². The van der Waals surface area contributed by atoms with Crippen LogP contribution in [0.1, 0.15) is 25.7 Å². The number of methoxy groups -OCH3 is 1. The van der Waals surface area contributed by atoms with Gasteiger partial charge in [-0.3, -0.25) is 4.79 Å². The van der Waals surface area contributed by atoms with Crippen molar-refractivity contribution in [3.05, 3.63) is 0 Å². The summed E-state index contributed by atoms with van der Waals surface area (Å²) in [6.45, 7) is 0.844. The Balaban J connectivity index is 2.73. The van der Waals surface area contributed by atoms with Gasteiger partial charge in [-0.25, -0.2) is 0 Å². The van der Waals surface area contributed by atoms with Gasteiger partial charge in [-0.05, 0) is 25.8 Å². The van der Waals surface area contributed by atoms with Crippen molar-refractivity contribution in [1.82, 2.24) is 5.32 Å². The minimum absolute atomic E-state index is 0.231. The summed E-state index contributed by atoms with van der Waals surface area (Å²) in [6, 6.07) is 0. The average Bonchev–Trinajstić information content (AvgIpc) is 2.18. The minimum Gasteiger partial charge on any atom is -0.468 e. The third kappa shape index (κ3) is 2.02. The van der Waals surface area contributed by atoms with E-state index in [1.165, 1.54) is 7.11 Å². The normalized spacial score (nSPS) is 27.7. The van der Waals surface area contributed by atoms with Crippen molar-refractivity contribution in [3.8, 4) is 12.3 Å². The molecule has 1 saturated heterocycles. The number of ether oxygens (including phenoxy) is 1. The number of esters is 1. The van der Waals surface area contributed by atoms with Crippen molar-refractivity contribution in [2.75, 3.05) is 13.7 Å². The molecule has 0 bridgehead atoms. The molecule has 3 nitrogen and oxygen atoms in total. The highest BCUT2D eigenvalue weighted by Crippen LogP contribution is 2.23. The fraction of sp³-hybridized carbons (Fsp3) is 0.700. The molecule has 1 rings (SSSR count). The SMILES string of the molecule is C#CCC1(C(=O)OC)CCCCN1. The lowest BCUT2D eigenvalue weighted by atomic mass is 9.86. The zero-order valence-electron chi connectivity index (χ0n) is 7.93. The molecular weight excluding hydrogens is 166 g/mol. The Hall–Kier alpha value is -1.01. The summed E-state index contributed by atoms with van der Waals surface area (Å²) in [4.78, 5) is 11.5. The van der Waals surface area contributed by atoms with Crippen molar-refractivity contribution < 1.29 is 9.53 Å². The quantitative estimate of drug-likeness (QED) is 0.503. The van der Waals surface area contributed by atoms with Gasteiger partial charge in [0.15, 0.2) is 0 Å². The second kappa shape index (κ2) is 4.29. The third-order valence-corrected chi connectivity index (χ3v) is 2.47. The van der Waals surface area contributed by atoms with Gasteiger partial charge >= 0.3 is 5.97 Å². The molecule has 0 saturated carbocycles. The lowest BCUT2D eigenvalue weighted by molar-refractivity contribution is -0.149. The summed E-state index contributed by atoms with van der Waals surface area (Å²) in [5.41, 5.74) is -0.609. The van der Waals surface area contributed by atoms with E-state index in [1.807, 2.05) is 0 Å². The van der Waals surface area contributed by atoms with Gasteiger partial charge in [0.2, 0.25) is 0 Å². The number of nitrogens with one attached hydrogen (secondary N) is 1. The van der Waals surface area contributed by atoms with Crippen LogP contribution in [0.4, 0.5) is 0 Å². The van der Waals surface area contributed by atoms with E-state index in [-0.39, 0.29) is 5.97 Å². The van der Waals surface area contributed by atoms with E-state index in [0.717, 1.165) is 25.8 Å². The average molecular weight is 181 g/mol. The van der Waals surface area contributed by atoms with Crippen LogP contribution in [0.2, 0.25) is 0 Å². The lowest BCUT2D eigenvalue weighted by Gasteiger charge is -2.34. The Morgan fingerprint density at radius 3 is 2.92 bits per heavy atom. The molecule has 0 radical (unpaired) electrons. The number of terminal acetylenes is 1. The van der Waals surface area contributed by atoms with E-state index in [1.54, 1.807) is 0 Å². The lowest BCUT2D eigenvalue weighted by Crippen LogP contribution is -2.55. The molecule has 0 amide bonds. The molecule has 0 aromatic heterocycles. The van der Waals surface area contributed by atoms with E-state index >= 15 is 0 Å². The van der Waals surface area contributed by atoms with Crippen LogP contribution in [0.5, 0.6) is 0 Å². The molecule has 0 aliphatic carbocycles. The molecular formula is C10H15NO2. The Morgan fingerprint density at radius 2 is 2.46 bits per heavy atom. The van der Waals surface area contributed by atoms with Gasteiger partial charge in [0, 0.05) is 6.42 Å². The van der Waals surface area contributed by atoms with Crippen LogP contribution >= 0.6 is 0 Å². The zero-order chi connectivity index (χ0) is 9.73. The van der Waals surface area contributed by atoms with E-state index in [9.17, 15) is 4.79 Å². The van der Waals surface area contributed by atoms with Crippen LogP contribution in [0.25, 0.3) is 0 Å². The predicted molar refractivity (Wildman–Crippen MR) is 50.1 cm³/mol. The Bertz CT molecular complexity index is 224. The highest BCUT2D eigenvalue weighted by molar-refractivity contribution is 5.81. The number of hydrogen-bond donors (Lipinski definition) is 1. The molecule has 0 spiro atoms. The molecule has 72 valence electrons. The van der Waals surface area contributed by atoms with E-state index < -0.39 is 5.54 Å². The topological polar surface area (TPSA) is 38.3 Å². The predicted octanol–water partition coefficient (Wildman–Crippen LogP) is 0.695. The van der Waals surface area contributed by atoms with Crippen LogP contribution < -0.4 is 5.32 Å². The Kier molecular flexibility index (Phi) is 3.32. The summed E-state index contributed by atoms with van der Waals surface area (Å²) >= 11 is 0. The maximum absolute atomic E-state index is 11.5. The molecule has 0 aromatic carbocycles. The third-order valence-electron chi connectivity index (χ3n) is 2.47. The van der Waals surface area contributed by atoms with E-state index in [2.05, 4.69) is 11.2 Å². The molecule has 1 aliphatic heterocycles. The fourth-order valence-electron chi connectivity index (χ4n) is 1.73. The Labute approximate surface area is 78.8 Å². The monoisotopic (exact) mass is 181 g/mol. The van der Waals surface area contributed by atoms with Crippen molar-refractivity contribution in [1.29, 1.82) is 0 Å². The van der Waals surface area contributed by atoms with Crippen LogP contribution in [0.15, 0.2) is 0 Å². The molecule has 1 N–H and O–H groups in total. The van der Waals surface area contributed by atoms with Gasteiger partial charge < -0.3 is 10.1 Å². The van der Waals surface area contributed by atoms with Crippen LogP contribution in [-0.2, 0) is 9.53 Å². The maximum Gasteiger partial charge on any atom is 0.327 e. The van der Waals surface area contributed by atoms with E-state index in [0.29, 0.717) is 6.42 Å². The number of carbonyl (C=O) groups excluding carboxylic acids is 1. The molecule has 1 unspecified atom stereocenters. The van der Waals surface area contributed by atoms with Gasteiger partial charge in [-0.1, -0.05) is 0 Å².